The summed E-state index contributed by atoms with van der Waals surface area (Å²) in [6.07, 6.45) is 0. The van der Waals surface area contributed by atoms with E-state index in [1.807, 2.05) is 6.07 Å². The highest BCUT2D eigenvalue weighted by atomic mass is 35.5. The van der Waals surface area contributed by atoms with E-state index in [1.54, 1.807) is 6.07 Å². The summed E-state index contributed by atoms with van der Waals surface area (Å²) in [5.41, 5.74) is 0.485. The lowest BCUT2D eigenvalue weighted by Crippen LogP contribution is -2.24. The molecule has 0 atom stereocenters. The molecule has 0 aliphatic rings. The van der Waals surface area contributed by atoms with E-state index >= 15 is 0 Å². The van der Waals surface area contributed by atoms with Crippen molar-refractivity contribution in [3.05, 3.63) is 64.4 Å². The van der Waals surface area contributed by atoms with E-state index < -0.39 is 15.8 Å². The predicted octanol–water partition coefficient (Wildman–Crippen LogP) is 2.83. The smallest absolute Gasteiger partial charge is 0.207 e. The van der Waals surface area contributed by atoms with Crippen LogP contribution in [0.25, 0.3) is 0 Å². The van der Waals surface area contributed by atoms with Crippen LogP contribution in [0.4, 0.5) is 4.39 Å². The van der Waals surface area contributed by atoms with E-state index in [9.17, 15) is 12.8 Å². The SMILES string of the molecule is N#Cc1ccc(S(=O)(=O)NCc2ccccc2F)c(Cl)c1. The van der Waals surface area contributed by atoms with Crippen LogP contribution in [0.5, 0.6) is 0 Å². The van der Waals surface area contributed by atoms with Crippen molar-refractivity contribution in [3.8, 4) is 6.07 Å². The van der Waals surface area contributed by atoms with Gasteiger partial charge in [-0.25, -0.2) is 17.5 Å². The van der Waals surface area contributed by atoms with Gasteiger partial charge in [0.1, 0.15) is 10.7 Å². The summed E-state index contributed by atoms with van der Waals surface area (Å²) in [7, 11) is -3.89. The molecule has 108 valence electrons. The fourth-order valence-corrected chi connectivity index (χ4v) is 3.23. The topological polar surface area (TPSA) is 70.0 Å². The van der Waals surface area contributed by atoms with Gasteiger partial charge in [0.2, 0.25) is 10.0 Å². The fourth-order valence-electron chi connectivity index (χ4n) is 1.68. The van der Waals surface area contributed by atoms with E-state index in [0.29, 0.717) is 0 Å². The lowest BCUT2D eigenvalue weighted by Gasteiger charge is -2.09. The van der Waals surface area contributed by atoms with Crippen LogP contribution >= 0.6 is 11.6 Å². The van der Waals surface area contributed by atoms with Gasteiger partial charge in [0.05, 0.1) is 16.7 Å². The van der Waals surface area contributed by atoms with E-state index in [-0.39, 0.29) is 27.6 Å². The molecule has 0 unspecified atom stereocenters. The molecule has 21 heavy (non-hydrogen) atoms. The first-order valence-corrected chi connectivity index (χ1v) is 7.73. The largest absolute Gasteiger partial charge is 0.242 e. The predicted molar refractivity (Wildman–Crippen MR) is 76.6 cm³/mol. The molecule has 7 heteroatoms. The summed E-state index contributed by atoms with van der Waals surface area (Å²) in [6, 6.07) is 11.6. The van der Waals surface area contributed by atoms with Gasteiger partial charge in [0.15, 0.2) is 0 Å². The van der Waals surface area contributed by atoms with Gasteiger partial charge < -0.3 is 0 Å². The van der Waals surface area contributed by atoms with Crippen molar-refractivity contribution in [2.75, 3.05) is 0 Å². The number of nitrogens with one attached hydrogen (secondary N) is 1. The zero-order valence-corrected chi connectivity index (χ0v) is 12.2. The third-order valence-corrected chi connectivity index (χ3v) is 4.65. The molecule has 1 N–H and O–H groups in total. The van der Waals surface area contributed by atoms with Crippen molar-refractivity contribution in [3.63, 3.8) is 0 Å². The lowest BCUT2D eigenvalue weighted by molar-refractivity contribution is 0.574. The highest BCUT2D eigenvalue weighted by molar-refractivity contribution is 7.89. The molecule has 0 fully saturated rings. The molecule has 0 amide bonds. The quantitative estimate of drug-likeness (QED) is 0.940. The Morgan fingerprint density at radius 2 is 1.95 bits per heavy atom. The Hall–Kier alpha value is -1.94. The maximum Gasteiger partial charge on any atom is 0.242 e. The first kappa shape index (κ1) is 15.4. The number of hydrogen-bond acceptors (Lipinski definition) is 3. The summed E-state index contributed by atoms with van der Waals surface area (Å²) in [6.45, 7) is -0.189. The van der Waals surface area contributed by atoms with Crippen molar-refractivity contribution in [2.45, 2.75) is 11.4 Å². The third-order valence-electron chi connectivity index (χ3n) is 2.76. The van der Waals surface area contributed by atoms with Gasteiger partial charge >= 0.3 is 0 Å². The second-order valence-electron chi connectivity index (χ2n) is 4.17. The number of benzene rings is 2. The molecule has 2 aromatic rings. The summed E-state index contributed by atoms with van der Waals surface area (Å²) >= 11 is 5.86. The molecule has 4 nitrogen and oxygen atoms in total. The summed E-state index contributed by atoms with van der Waals surface area (Å²) < 4.78 is 40.0. The van der Waals surface area contributed by atoms with Gasteiger partial charge in [-0.2, -0.15) is 5.26 Å². The monoisotopic (exact) mass is 324 g/mol. The van der Waals surface area contributed by atoms with Crippen LogP contribution in [0.1, 0.15) is 11.1 Å². The Kier molecular flexibility index (Phi) is 4.58. The molecular weight excluding hydrogens is 315 g/mol. The number of nitrogens with zero attached hydrogens (tertiary/aromatic N) is 1. The zero-order chi connectivity index (χ0) is 15.5. The van der Waals surface area contributed by atoms with Crippen molar-refractivity contribution < 1.29 is 12.8 Å². The zero-order valence-electron chi connectivity index (χ0n) is 10.7. The van der Waals surface area contributed by atoms with E-state index in [4.69, 9.17) is 16.9 Å². The Balaban J connectivity index is 2.24. The van der Waals surface area contributed by atoms with Crippen molar-refractivity contribution in [1.82, 2.24) is 4.72 Å². The molecule has 2 aromatic carbocycles. The van der Waals surface area contributed by atoms with Crippen molar-refractivity contribution >= 4 is 21.6 Å². The molecule has 0 spiro atoms. The van der Waals surface area contributed by atoms with Gasteiger partial charge in [-0.1, -0.05) is 29.8 Å². The average Bonchev–Trinajstić information content (AvgIpc) is 2.46. The number of sulfonamides is 1. The van der Waals surface area contributed by atoms with Gasteiger partial charge in [0.25, 0.3) is 0 Å². The molecule has 0 saturated heterocycles. The van der Waals surface area contributed by atoms with E-state index in [0.717, 1.165) is 0 Å². The Bertz CT molecular complexity index is 816. The molecule has 0 aromatic heterocycles. The van der Waals surface area contributed by atoms with Gasteiger partial charge in [0, 0.05) is 12.1 Å². The first-order valence-electron chi connectivity index (χ1n) is 5.87. The highest BCUT2D eigenvalue weighted by Crippen LogP contribution is 2.22. The van der Waals surface area contributed by atoms with Crippen LogP contribution in [-0.4, -0.2) is 8.42 Å². The van der Waals surface area contributed by atoms with Crippen LogP contribution in [0, 0.1) is 17.1 Å². The summed E-state index contributed by atoms with van der Waals surface area (Å²) in [4.78, 5) is -0.153. The molecule has 0 radical (unpaired) electrons. The maximum atomic E-state index is 13.4. The second kappa shape index (κ2) is 6.22. The maximum absolute atomic E-state index is 13.4. The van der Waals surface area contributed by atoms with Gasteiger partial charge in [-0.3, -0.25) is 0 Å². The third kappa shape index (κ3) is 3.58. The number of halogens is 2. The number of hydrogen-bond donors (Lipinski definition) is 1. The Morgan fingerprint density at radius 3 is 2.57 bits per heavy atom. The lowest BCUT2D eigenvalue weighted by atomic mass is 10.2. The van der Waals surface area contributed by atoms with Crippen LogP contribution in [0.15, 0.2) is 47.4 Å². The minimum Gasteiger partial charge on any atom is -0.207 e. The second-order valence-corrected chi connectivity index (χ2v) is 6.32. The van der Waals surface area contributed by atoms with Crippen LogP contribution in [-0.2, 0) is 16.6 Å². The standard InChI is InChI=1S/C14H10ClFN2O2S/c15-12-7-10(8-17)5-6-14(12)21(19,20)18-9-11-3-1-2-4-13(11)16/h1-7,18H,9H2. The molecule has 0 saturated carbocycles. The van der Waals surface area contributed by atoms with E-state index in [1.165, 1.54) is 36.4 Å². The minimum absolute atomic E-state index is 0.0601. The average molecular weight is 325 g/mol. The highest BCUT2D eigenvalue weighted by Gasteiger charge is 2.18. The van der Waals surface area contributed by atoms with Crippen molar-refractivity contribution in [1.29, 1.82) is 5.26 Å². The van der Waals surface area contributed by atoms with Crippen LogP contribution < -0.4 is 4.72 Å². The van der Waals surface area contributed by atoms with Gasteiger partial charge in [-0.05, 0) is 24.3 Å². The van der Waals surface area contributed by atoms with Crippen LogP contribution in [0.2, 0.25) is 5.02 Å². The number of rotatable bonds is 4. The van der Waals surface area contributed by atoms with Crippen molar-refractivity contribution in [2.24, 2.45) is 0 Å². The minimum atomic E-state index is -3.89. The fraction of sp³-hybridized carbons (Fsp3) is 0.0714. The molecule has 0 aliphatic carbocycles. The molecular formula is C14H10ClFN2O2S. The van der Waals surface area contributed by atoms with Crippen LogP contribution in [0.3, 0.4) is 0 Å². The Labute approximate surface area is 126 Å². The van der Waals surface area contributed by atoms with E-state index in [2.05, 4.69) is 4.72 Å². The molecule has 0 bridgehead atoms. The Morgan fingerprint density at radius 1 is 1.24 bits per heavy atom. The molecule has 0 heterocycles. The normalized spacial score (nSPS) is 11.1. The van der Waals surface area contributed by atoms with Gasteiger partial charge in [-0.15, -0.1) is 0 Å². The first-order chi connectivity index (χ1) is 9.94. The molecule has 2 rings (SSSR count). The number of nitriles is 1. The summed E-state index contributed by atoms with van der Waals surface area (Å²) in [5.74, 6) is -0.494. The molecule has 0 aliphatic heterocycles. The summed E-state index contributed by atoms with van der Waals surface area (Å²) in [5, 5.41) is 8.66.